The summed E-state index contributed by atoms with van der Waals surface area (Å²) in [5, 5.41) is 19.5. The number of carboxylic acids is 1. The van der Waals surface area contributed by atoms with Crippen LogP contribution in [-0.2, 0) is 9.59 Å². The topological polar surface area (TPSA) is 126 Å². The molecule has 1 amide bonds. The Hall–Kier alpha value is -3.57. The first kappa shape index (κ1) is 35.6. The van der Waals surface area contributed by atoms with Gasteiger partial charge in [0.25, 0.3) is 5.97 Å². The van der Waals surface area contributed by atoms with Gasteiger partial charge in [0.15, 0.2) is 0 Å². The highest BCUT2D eigenvalue weighted by Crippen LogP contribution is 2.33. The van der Waals surface area contributed by atoms with Crippen molar-refractivity contribution in [2.75, 3.05) is 57.3 Å². The quantitative estimate of drug-likeness (QED) is 0.267. The molecule has 0 radical (unpaired) electrons. The summed E-state index contributed by atoms with van der Waals surface area (Å²) >= 11 is 6.00. The average molecular weight is 621 g/mol. The molecule has 0 saturated carbocycles. The Labute approximate surface area is 259 Å². The van der Waals surface area contributed by atoms with Crippen LogP contribution in [0, 0.1) is 16.0 Å². The molecule has 2 aliphatic heterocycles. The molecule has 4 rings (SSSR count). The van der Waals surface area contributed by atoms with Crippen molar-refractivity contribution in [3.8, 4) is 11.5 Å². The van der Waals surface area contributed by atoms with Crippen molar-refractivity contribution in [2.45, 2.75) is 53.6 Å². The van der Waals surface area contributed by atoms with Crippen LogP contribution in [0.5, 0.6) is 11.5 Å². The number of nitrogens with zero attached hydrogens (tertiary/aromatic N) is 4. The standard InChI is InChI=1S/C28H37ClN4O5.C2H4O2.CH4/c1-21(2)20-37-27-19-25(7-8-26(27)33(35)36)38-24-9-13-32(14-10-24)28(34)11-12-30-15-17-31(18-16-30)23-5-3-22(29)4-6-23;1-2(3)4;/h3-8,19,21,24H,9-18,20H2,1-2H3;1H3,(H,3,4);1H4. The van der Waals surface area contributed by atoms with Gasteiger partial charge in [-0.25, -0.2) is 0 Å². The summed E-state index contributed by atoms with van der Waals surface area (Å²) in [7, 11) is 0. The van der Waals surface area contributed by atoms with E-state index in [2.05, 4.69) is 21.9 Å². The molecule has 0 bridgehead atoms. The SMILES string of the molecule is C.CC(=O)O.CC(C)COc1cc(OC2CCN(C(=O)CCN3CCN(c4ccc(Cl)cc4)CC3)CC2)ccc1[N+](=O)[O-]. The minimum atomic E-state index is -0.833. The third kappa shape index (κ3) is 11.9. The van der Waals surface area contributed by atoms with Gasteiger partial charge in [0.1, 0.15) is 11.9 Å². The van der Waals surface area contributed by atoms with E-state index < -0.39 is 10.9 Å². The fourth-order valence-electron chi connectivity index (χ4n) is 4.80. The van der Waals surface area contributed by atoms with Crippen LogP contribution < -0.4 is 14.4 Å². The number of carbonyl (C=O) groups excluding carboxylic acids is 1. The molecule has 11 nitrogen and oxygen atoms in total. The second kappa shape index (κ2) is 17.5. The highest BCUT2D eigenvalue weighted by Gasteiger charge is 2.26. The lowest BCUT2D eigenvalue weighted by Crippen LogP contribution is -2.48. The molecule has 1 N–H and O–H groups in total. The zero-order valence-corrected chi connectivity index (χ0v) is 25.3. The van der Waals surface area contributed by atoms with Gasteiger partial charge in [0.05, 0.1) is 11.5 Å². The van der Waals surface area contributed by atoms with Gasteiger partial charge in [-0.3, -0.25) is 24.6 Å². The number of nitro groups is 1. The Bertz CT molecular complexity index is 1180. The van der Waals surface area contributed by atoms with Gasteiger partial charge >= 0.3 is 5.69 Å². The summed E-state index contributed by atoms with van der Waals surface area (Å²) < 4.78 is 11.8. The molecule has 2 saturated heterocycles. The monoisotopic (exact) mass is 620 g/mol. The number of amides is 1. The zero-order chi connectivity index (χ0) is 30.6. The van der Waals surface area contributed by atoms with E-state index in [9.17, 15) is 14.9 Å². The van der Waals surface area contributed by atoms with Gasteiger partial charge in [-0.2, -0.15) is 0 Å². The fourth-order valence-corrected chi connectivity index (χ4v) is 4.93. The Morgan fingerprint density at radius 1 is 1.05 bits per heavy atom. The van der Waals surface area contributed by atoms with Crippen LogP contribution in [-0.4, -0.2) is 90.2 Å². The molecular weight excluding hydrogens is 576 g/mol. The molecule has 0 aromatic heterocycles. The number of hydrogen-bond donors (Lipinski definition) is 1. The molecule has 2 aromatic carbocycles. The first-order valence-electron chi connectivity index (χ1n) is 14.3. The van der Waals surface area contributed by atoms with Gasteiger partial charge in [-0.15, -0.1) is 0 Å². The number of piperazine rings is 1. The van der Waals surface area contributed by atoms with E-state index >= 15 is 0 Å². The zero-order valence-electron chi connectivity index (χ0n) is 24.5. The van der Waals surface area contributed by atoms with Crippen molar-refractivity contribution in [1.29, 1.82) is 0 Å². The summed E-state index contributed by atoms with van der Waals surface area (Å²) in [4.78, 5) is 39.4. The van der Waals surface area contributed by atoms with Crippen molar-refractivity contribution in [2.24, 2.45) is 5.92 Å². The van der Waals surface area contributed by atoms with Crippen LogP contribution in [0.3, 0.4) is 0 Å². The number of benzene rings is 2. The van der Waals surface area contributed by atoms with Crippen LogP contribution in [0.15, 0.2) is 42.5 Å². The Morgan fingerprint density at radius 3 is 2.21 bits per heavy atom. The van der Waals surface area contributed by atoms with Crippen LogP contribution in [0.1, 0.15) is 47.5 Å². The van der Waals surface area contributed by atoms with Gasteiger partial charge in [-0.05, 0) is 36.2 Å². The highest BCUT2D eigenvalue weighted by atomic mass is 35.5. The van der Waals surface area contributed by atoms with E-state index in [0.29, 0.717) is 31.9 Å². The van der Waals surface area contributed by atoms with E-state index in [0.717, 1.165) is 57.5 Å². The van der Waals surface area contributed by atoms with Crippen LogP contribution >= 0.6 is 11.6 Å². The van der Waals surface area contributed by atoms with Crippen molar-refractivity contribution in [1.82, 2.24) is 9.80 Å². The Kier molecular flexibility index (Phi) is 14.5. The number of aliphatic carboxylic acids is 1. The number of rotatable bonds is 10. The molecule has 2 heterocycles. The maximum absolute atomic E-state index is 12.9. The summed E-state index contributed by atoms with van der Waals surface area (Å²) in [6, 6.07) is 12.6. The summed E-state index contributed by atoms with van der Waals surface area (Å²) in [6.07, 6.45) is 1.93. The fraction of sp³-hybridized carbons (Fsp3) is 0.548. The van der Waals surface area contributed by atoms with Gasteiger partial charge < -0.3 is 24.4 Å². The highest BCUT2D eigenvalue weighted by molar-refractivity contribution is 6.30. The summed E-state index contributed by atoms with van der Waals surface area (Å²) in [5.41, 5.74) is 1.12. The lowest BCUT2D eigenvalue weighted by atomic mass is 10.1. The van der Waals surface area contributed by atoms with E-state index in [-0.39, 0.29) is 36.8 Å². The van der Waals surface area contributed by atoms with Gasteiger partial charge in [0.2, 0.25) is 11.7 Å². The maximum atomic E-state index is 12.9. The third-order valence-electron chi connectivity index (χ3n) is 7.00. The van der Waals surface area contributed by atoms with Crippen molar-refractivity contribution < 1.29 is 29.1 Å². The second-order valence-electron chi connectivity index (χ2n) is 10.9. The number of piperidine rings is 1. The van der Waals surface area contributed by atoms with E-state index in [4.69, 9.17) is 31.0 Å². The van der Waals surface area contributed by atoms with Crippen LogP contribution in [0.2, 0.25) is 5.02 Å². The molecular formula is C31H45ClN4O7. The third-order valence-corrected chi connectivity index (χ3v) is 7.26. The maximum Gasteiger partial charge on any atom is 0.311 e. The van der Waals surface area contributed by atoms with E-state index in [1.807, 2.05) is 30.9 Å². The van der Waals surface area contributed by atoms with Crippen molar-refractivity contribution in [3.63, 3.8) is 0 Å². The molecule has 12 heteroatoms. The number of halogens is 1. The Balaban J connectivity index is 0.00000121. The van der Waals surface area contributed by atoms with Gasteiger partial charge in [0, 0.05) is 94.8 Å². The summed E-state index contributed by atoms with van der Waals surface area (Å²) in [5.74, 6) is 0.378. The number of hydrogen-bond acceptors (Lipinski definition) is 8. The lowest BCUT2D eigenvalue weighted by Gasteiger charge is -2.37. The van der Waals surface area contributed by atoms with Crippen molar-refractivity contribution >= 4 is 34.9 Å². The molecule has 0 atom stereocenters. The number of anilines is 1. The molecule has 43 heavy (non-hydrogen) atoms. The Morgan fingerprint density at radius 2 is 1.65 bits per heavy atom. The number of nitro benzene ring substituents is 1. The number of ether oxygens (including phenoxy) is 2. The number of carbonyl (C=O) groups is 2. The molecule has 0 unspecified atom stereocenters. The number of carboxylic acid groups (broad SMARTS) is 1. The van der Waals surface area contributed by atoms with E-state index in [1.165, 1.54) is 11.8 Å². The minimum absolute atomic E-state index is 0. The number of likely N-dealkylation sites (tertiary alicyclic amines) is 1. The lowest BCUT2D eigenvalue weighted by molar-refractivity contribution is -0.385. The average Bonchev–Trinajstić information content (AvgIpc) is 2.95. The molecule has 0 aliphatic carbocycles. The van der Waals surface area contributed by atoms with Crippen LogP contribution in [0.25, 0.3) is 0 Å². The molecule has 0 spiro atoms. The predicted molar refractivity (Wildman–Crippen MR) is 168 cm³/mol. The minimum Gasteiger partial charge on any atom is -0.490 e. The first-order valence-corrected chi connectivity index (χ1v) is 14.7. The summed E-state index contributed by atoms with van der Waals surface area (Å²) in [6.45, 7) is 11.3. The molecule has 2 fully saturated rings. The smallest absolute Gasteiger partial charge is 0.311 e. The largest absolute Gasteiger partial charge is 0.490 e. The normalized spacial score (nSPS) is 15.7. The van der Waals surface area contributed by atoms with Crippen molar-refractivity contribution in [3.05, 3.63) is 57.6 Å². The first-order chi connectivity index (χ1) is 20.0. The predicted octanol–water partition coefficient (Wildman–Crippen LogP) is 5.59. The molecule has 2 aromatic rings. The van der Waals surface area contributed by atoms with E-state index in [1.54, 1.807) is 12.1 Å². The molecule has 238 valence electrons. The van der Waals surface area contributed by atoms with Gasteiger partial charge in [-0.1, -0.05) is 32.9 Å². The molecule has 2 aliphatic rings. The second-order valence-corrected chi connectivity index (χ2v) is 11.3. The van der Waals surface area contributed by atoms with Crippen LogP contribution in [0.4, 0.5) is 11.4 Å².